The molecule has 0 saturated heterocycles. The van der Waals surface area contributed by atoms with Crippen molar-refractivity contribution in [3.8, 4) is 0 Å². The van der Waals surface area contributed by atoms with Crippen molar-refractivity contribution in [2.24, 2.45) is 5.73 Å². The summed E-state index contributed by atoms with van der Waals surface area (Å²) in [6, 6.07) is 1.99. The van der Waals surface area contributed by atoms with Gasteiger partial charge < -0.3 is 10.7 Å². The van der Waals surface area contributed by atoms with Crippen molar-refractivity contribution in [2.45, 2.75) is 31.2 Å². The Bertz CT molecular complexity index is 530. The van der Waals surface area contributed by atoms with E-state index in [0.717, 1.165) is 40.7 Å². The maximum absolute atomic E-state index is 6.20. The van der Waals surface area contributed by atoms with Crippen molar-refractivity contribution in [1.29, 1.82) is 0 Å². The summed E-state index contributed by atoms with van der Waals surface area (Å²) >= 11 is 3.39. The summed E-state index contributed by atoms with van der Waals surface area (Å²) in [5, 5.41) is 0. The summed E-state index contributed by atoms with van der Waals surface area (Å²) < 4.78 is 0.960. The van der Waals surface area contributed by atoms with Crippen LogP contribution in [0.15, 0.2) is 16.7 Å². The van der Waals surface area contributed by atoms with Gasteiger partial charge in [0.15, 0.2) is 5.65 Å². The molecule has 0 atom stereocenters. The van der Waals surface area contributed by atoms with Crippen LogP contribution in [-0.4, -0.2) is 20.5 Å². The summed E-state index contributed by atoms with van der Waals surface area (Å²) in [4.78, 5) is 12.0. The molecular weight excluding hydrogens is 268 g/mol. The lowest BCUT2D eigenvalue weighted by molar-refractivity contribution is 0.244. The van der Waals surface area contributed by atoms with Gasteiger partial charge >= 0.3 is 0 Å². The van der Waals surface area contributed by atoms with E-state index < -0.39 is 0 Å². The number of imidazole rings is 1. The molecule has 5 heteroatoms. The Morgan fingerprint density at radius 3 is 3.00 bits per heavy atom. The monoisotopic (exact) mass is 280 g/mol. The second kappa shape index (κ2) is 3.53. The van der Waals surface area contributed by atoms with Gasteiger partial charge in [0.25, 0.3) is 0 Å². The average molecular weight is 281 g/mol. The molecule has 0 spiro atoms. The first-order valence-electron chi connectivity index (χ1n) is 5.44. The van der Waals surface area contributed by atoms with E-state index >= 15 is 0 Å². The van der Waals surface area contributed by atoms with E-state index in [1.165, 1.54) is 6.42 Å². The van der Waals surface area contributed by atoms with Gasteiger partial charge in [-0.2, -0.15) is 0 Å². The van der Waals surface area contributed by atoms with Crippen LogP contribution in [0.4, 0.5) is 0 Å². The topological polar surface area (TPSA) is 67.6 Å². The number of hydrogen-bond donors (Lipinski definition) is 2. The normalized spacial score (nSPS) is 18.6. The highest BCUT2D eigenvalue weighted by Gasteiger charge is 2.33. The summed E-state index contributed by atoms with van der Waals surface area (Å²) in [6.07, 6.45) is 6.01. The second-order valence-corrected chi connectivity index (χ2v) is 5.52. The largest absolute Gasteiger partial charge is 0.341 e. The maximum Gasteiger partial charge on any atom is 0.177 e. The van der Waals surface area contributed by atoms with Gasteiger partial charge in [-0.05, 0) is 41.3 Å². The second-order valence-electron chi connectivity index (χ2n) is 4.60. The number of halogens is 1. The smallest absolute Gasteiger partial charge is 0.177 e. The first-order chi connectivity index (χ1) is 7.65. The van der Waals surface area contributed by atoms with E-state index in [9.17, 15) is 0 Å². The molecule has 0 aromatic carbocycles. The highest BCUT2D eigenvalue weighted by atomic mass is 79.9. The van der Waals surface area contributed by atoms with Crippen LogP contribution in [0.25, 0.3) is 11.2 Å². The van der Waals surface area contributed by atoms with Gasteiger partial charge in [0.2, 0.25) is 0 Å². The fourth-order valence-corrected chi connectivity index (χ4v) is 2.48. The van der Waals surface area contributed by atoms with Gasteiger partial charge in [0.05, 0.1) is 5.52 Å². The highest BCUT2D eigenvalue weighted by Crippen LogP contribution is 2.32. The third-order valence-electron chi connectivity index (χ3n) is 3.22. The third kappa shape index (κ3) is 1.74. The fourth-order valence-electron chi connectivity index (χ4n) is 2.15. The standard InChI is InChI=1S/C11H13BrN4/c12-7-4-8-10(14-6-7)16-9(15-8)5-11(13)2-1-3-11/h4,6H,1-3,5,13H2,(H,14,15,16). The number of nitrogens with one attached hydrogen (secondary N) is 1. The van der Waals surface area contributed by atoms with Crippen molar-refractivity contribution in [2.75, 3.05) is 0 Å². The van der Waals surface area contributed by atoms with Crippen molar-refractivity contribution in [3.63, 3.8) is 0 Å². The number of aromatic amines is 1. The summed E-state index contributed by atoms with van der Waals surface area (Å²) in [5.74, 6) is 0.947. The summed E-state index contributed by atoms with van der Waals surface area (Å²) in [5.41, 5.74) is 7.89. The SMILES string of the molecule is NC1(Cc2nc3ncc(Br)cc3[nH]2)CCC1. The van der Waals surface area contributed by atoms with Crippen LogP contribution in [0.5, 0.6) is 0 Å². The number of fused-ring (bicyclic) bond motifs is 1. The molecule has 1 aliphatic rings. The lowest BCUT2D eigenvalue weighted by atomic mass is 9.75. The van der Waals surface area contributed by atoms with E-state index in [-0.39, 0.29) is 5.54 Å². The number of hydrogen-bond acceptors (Lipinski definition) is 3. The van der Waals surface area contributed by atoms with E-state index in [1.807, 2.05) is 6.07 Å². The number of aromatic nitrogens is 3. The maximum atomic E-state index is 6.20. The summed E-state index contributed by atoms with van der Waals surface area (Å²) in [7, 11) is 0. The minimum absolute atomic E-state index is 0.0366. The Hall–Kier alpha value is -0.940. The molecule has 2 heterocycles. The van der Waals surface area contributed by atoms with Crippen molar-refractivity contribution >= 4 is 27.1 Å². The molecule has 0 radical (unpaired) electrons. The minimum Gasteiger partial charge on any atom is -0.341 e. The van der Waals surface area contributed by atoms with Crippen LogP contribution in [0.2, 0.25) is 0 Å². The van der Waals surface area contributed by atoms with Crippen LogP contribution in [0.3, 0.4) is 0 Å². The number of pyridine rings is 1. The molecule has 3 rings (SSSR count). The van der Waals surface area contributed by atoms with Gasteiger partial charge in [-0.25, -0.2) is 9.97 Å². The molecule has 0 unspecified atom stereocenters. The molecule has 0 aliphatic heterocycles. The molecule has 4 nitrogen and oxygen atoms in total. The first kappa shape index (κ1) is 10.2. The fraction of sp³-hybridized carbons (Fsp3) is 0.455. The lowest BCUT2D eigenvalue weighted by Crippen LogP contribution is -2.48. The first-order valence-corrected chi connectivity index (χ1v) is 6.23. The molecule has 1 aliphatic carbocycles. The number of nitrogens with zero attached hydrogens (tertiary/aromatic N) is 2. The quantitative estimate of drug-likeness (QED) is 0.886. The van der Waals surface area contributed by atoms with Gasteiger partial charge in [-0.15, -0.1) is 0 Å². The Balaban J connectivity index is 1.93. The van der Waals surface area contributed by atoms with E-state index in [0.29, 0.717) is 0 Å². The zero-order valence-corrected chi connectivity index (χ0v) is 10.4. The van der Waals surface area contributed by atoms with E-state index in [1.54, 1.807) is 6.20 Å². The average Bonchev–Trinajstić information content (AvgIpc) is 2.56. The predicted molar refractivity (Wildman–Crippen MR) is 66.1 cm³/mol. The van der Waals surface area contributed by atoms with Crippen LogP contribution >= 0.6 is 15.9 Å². The van der Waals surface area contributed by atoms with Crippen LogP contribution in [-0.2, 0) is 6.42 Å². The van der Waals surface area contributed by atoms with Crippen molar-refractivity contribution in [3.05, 3.63) is 22.6 Å². The highest BCUT2D eigenvalue weighted by molar-refractivity contribution is 9.10. The lowest BCUT2D eigenvalue weighted by Gasteiger charge is -2.37. The molecule has 1 fully saturated rings. The van der Waals surface area contributed by atoms with E-state index in [4.69, 9.17) is 5.73 Å². The molecule has 0 bridgehead atoms. The molecule has 16 heavy (non-hydrogen) atoms. The minimum atomic E-state index is -0.0366. The summed E-state index contributed by atoms with van der Waals surface area (Å²) in [6.45, 7) is 0. The number of H-pyrrole nitrogens is 1. The molecular formula is C11H13BrN4. The molecule has 84 valence electrons. The van der Waals surface area contributed by atoms with Crippen molar-refractivity contribution in [1.82, 2.24) is 15.0 Å². The Morgan fingerprint density at radius 2 is 2.31 bits per heavy atom. The Labute approximate surface area is 102 Å². The molecule has 1 saturated carbocycles. The van der Waals surface area contributed by atoms with Gasteiger partial charge in [0, 0.05) is 22.6 Å². The molecule has 2 aromatic rings. The van der Waals surface area contributed by atoms with Crippen LogP contribution in [0, 0.1) is 0 Å². The Kier molecular flexibility index (Phi) is 2.26. The van der Waals surface area contributed by atoms with Gasteiger partial charge in [-0.1, -0.05) is 0 Å². The van der Waals surface area contributed by atoms with Crippen LogP contribution < -0.4 is 5.73 Å². The van der Waals surface area contributed by atoms with Gasteiger partial charge in [0.1, 0.15) is 5.82 Å². The predicted octanol–water partition coefficient (Wildman–Crippen LogP) is 2.14. The number of nitrogens with two attached hydrogens (primary N) is 1. The zero-order valence-electron chi connectivity index (χ0n) is 8.83. The third-order valence-corrected chi connectivity index (χ3v) is 3.66. The molecule has 3 N–H and O–H groups in total. The Morgan fingerprint density at radius 1 is 1.50 bits per heavy atom. The van der Waals surface area contributed by atoms with Crippen LogP contribution in [0.1, 0.15) is 25.1 Å². The van der Waals surface area contributed by atoms with Crippen molar-refractivity contribution < 1.29 is 0 Å². The number of rotatable bonds is 2. The van der Waals surface area contributed by atoms with E-state index in [2.05, 4.69) is 30.9 Å². The molecule has 2 aromatic heterocycles. The molecule has 0 amide bonds. The van der Waals surface area contributed by atoms with Gasteiger partial charge in [-0.3, -0.25) is 0 Å². The zero-order chi connectivity index (χ0) is 11.2.